The minimum absolute atomic E-state index is 0.0389. The first kappa shape index (κ1) is 12.7. The molecule has 0 fully saturated rings. The summed E-state index contributed by atoms with van der Waals surface area (Å²) >= 11 is 0. The number of imidazole rings is 1. The summed E-state index contributed by atoms with van der Waals surface area (Å²) in [6.45, 7) is 0.640. The first-order chi connectivity index (χ1) is 9.53. The van der Waals surface area contributed by atoms with E-state index in [9.17, 15) is 8.78 Å². The minimum Gasteiger partial charge on any atom is -0.395 e. The summed E-state index contributed by atoms with van der Waals surface area (Å²) in [4.78, 5) is 4.20. The summed E-state index contributed by atoms with van der Waals surface area (Å²) in [5.41, 5.74) is 0.694. The molecule has 1 aliphatic rings. The minimum atomic E-state index is -3.58. The van der Waals surface area contributed by atoms with E-state index in [0.717, 1.165) is 12.2 Å². The Morgan fingerprint density at radius 3 is 2.85 bits per heavy atom. The van der Waals surface area contributed by atoms with E-state index in [1.54, 1.807) is 12.3 Å². The third kappa shape index (κ3) is 2.52. The number of hydrogen-bond acceptors (Lipinski definition) is 4. The number of nitrogens with one attached hydrogen (secondary N) is 1. The smallest absolute Gasteiger partial charge is 0.395 e. The number of halogens is 2. The Morgan fingerprint density at radius 1 is 1.30 bits per heavy atom. The van der Waals surface area contributed by atoms with Crippen LogP contribution in [0.2, 0.25) is 0 Å². The van der Waals surface area contributed by atoms with Gasteiger partial charge in [0.25, 0.3) is 0 Å². The fourth-order valence-corrected chi connectivity index (χ4v) is 2.01. The predicted molar refractivity (Wildman–Crippen MR) is 68.0 cm³/mol. The Bertz CT molecular complexity index is 628. The number of benzene rings is 1. The van der Waals surface area contributed by atoms with Gasteiger partial charge in [0, 0.05) is 44.2 Å². The highest BCUT2D eigenvalue weighted by molar-refractivity contribution is 5.55. The van der Waals surface area contributed by atoms with Crippen molar-refractivity contribution in [2.45, 2.75) is 12.7 Å². The Labute approximate surface area is 114 Å². The van der Waals surface area contributed by atoms with Crippen molar-refractivity contribution in [1.82, 2.24) is 9.55 Å². The van der Waals surface area contributed by atoms with Crippen molar-refractivity contribution >= 4 is 5.69 Å². The molecule has 1 aromatic carbocycles. The molecule has 0 saturated carbocycles. The summed E-state index contributed by atoms with van der Waals surface area (Å²) in [7, 11) is 1.92. The van der Waals surface area contributed by atoms with E-state index in [1.807, 2.05) is 17.8 Å². The monoisotopic (exact) mass is 281 g/mol. The number of fused-ring (bicyclic) bond motifs is 1. The van der Waals surface area contributed by atoms with Crippen LogP contribution in [-0.4, -0.2) is 22.4 Å². The molecule has 1 aliphatic heterocycles. The van der Waals surface area contributed by atoms with Gasteiger partial charge in [-0.05, 0) is 12.1 Å². The molecule has 106 valence electrons. The second kappa shape index (κ2) is 4.66. The van der Waals surface area contributed by atoms with Crippen molar-refractivity contribution in [2.24, 2.45) is 7.05 Å². The molecule has 1 aromatic heterocycles. The topological polar surface area (TPSA) is 48.3 Å². The van der Waals surface area contributed by atoms with Gasteiger partial charge in [-0.2, -0.15) is 0 Å². The van der Waals surface area contributed by atoms with Crippen LogP contribution in [0.5, 0.6) is 11.5 Å². The standard InChI is InChI=1S/C13H13F2N3O2/c1-18-7-6-17-12(18)4-5-16-9-2-3-10-11(8-9)20-13(14,15)19-10/h2-3,6-8,16H,4-5H2,1H3. The van der Waals surface area contributed by atoms with Gasteiger partial charge in [0.15, 0.2) is 11.5 Å². The number of nitrogens with zero attached hydrogens (tertiary/aromatic N) is 2. The number of hydrogen-bond donors (Lipinski definition) is 1. The average molecular weight is 281 g/mol. The van der Waals surface area contributed by atoms with Gasteiger partial charge in [0.05, 0.1) is 0 Å². The van der Waals surface area contributed by atoms with Gasteiger partial charge >= 0.3 is 6.29 Å². The molecule has 0 radical (unpaired) electrons. The lowest BCUT2D eigenvalue weighted by atomic mass is 10.2. The Balaban J connectivity index is 1.61. The highest BCUT2D eigenvalue weighted by Crippen LogP contribution is 2.42. The highest BCUT2D eigenvalue weighted by atomic mass is 19.3. The zero-order chi connectivity index (χ0) is 14.2. The Kier molecular flexibility index (Phi) is 2.96. The zero-order valence-corrected chi connectivity index (χ0v) is 10.8. The molecule has 0 amide bonds. The zero-order valence-electron chi connectivity index (χ0n) is 10.8. The predicted octanol–water partition coefficient (Wildman–Crippen LogP) is 2.40. The summed E-state index contributed by atoms with van der Waals surface area (Å²) < 4.78 is 36.4. The molecule has 5 nitrogen and oxygen atoms in total. The normalized spacial score (nSPS) is 15.3. The van der Waals surface area contributed by atoms with Crippen molar-refractivity contribution in [1.29, 1.82) is 0 Å². The Morgan fingerprint density at radius 2 is 2.10 bits per heavy atom. The van der Waals surface area contributed by atoms with Gasteiger partial charge in [-0.1, -0.05) is 0 Å². The van der Waals surface area contributed by atoms with Crippen molar-refractivity contribution in [3.8, 4) is 11.5 Å². The molecule has 2 heterocycles. The van der Waals surface area contributed by atoms with Crippen LogP contribution in [-0.2, 0) is 13.5 Å². The van der Waals surface area contributed by atoms with Crippen LogP contribution in [0.4, 0.5) is 14.5 Å². The fourth-order valence-electron chi connectivity index (χ4n) is 2.01. The van der Waals surface area contributed by atoms with Gasteiger partial charge in [-0.15, -0.1) is 8.78 Å². The third-order valence-electron chi connectivity index (χ3n) is 3.00. The number of aromatic nitrogens is 2. The van der Waals surface area contributed by atoms with Crippen molar-refractivity contribution < 1.29 is 18.3 Å². The van der Waals surface area contributed by atoms with Crippen LogP contribution >= 0.6 is 0 Å². The molecule has 0 aliphatic carbocycles. The van der Waals surface area contributed by atoms with E-state index in [-0.39, 0.29) is 11.5 Å². The molecular formula is C13H13F2N3O2. The number of rotatable bonds is 4. The van der Waals surface area contributed by atoms with Crippen LogP contribution in [0.25, 0.3) is 0 Å². The maximum atomic E-state index is 12.9. The van der Waals surface area contributed by atoms with Crippen LogP contribution in [0.3, 0.4) is 0 Å². The second-order valence-electron chi connectivity index (χ2n) is 4.46. The number of ether oxygens (including phenoxy) is 2. The van der Waals surface area contributed by atoms with Crippen molar-refractivity contribution in [3.63, 3.8) is 0 Å². The second-order valence-corrected chi connectivity index (χ2v) is 4.46. The fraction of sp³-hybridized carbons (Fsp3) is 0.308. The average Bonchev–Trinajstić information content (AvgIpc) is 2.91. The maximum Gasteiger partial charge on any atom is 0.586 e. The van der Waals surface area contributed by atoms with Gasteiger partial charge in [-0.25, -0.2) is 4.98 Å². The molecule has 7 heteroatoms. The molecular weight excluding hydrogens is 268 g/mol. The van der Waals surface area contributed by atoms with E-state index in [2.05, 4.69) is 19.8 Å². The Hall–Kier alpha value is -2.31. The van der Waals surface area contributed by atoms with Gasteiger partial charge in [-0.3, -0.25) is 0 Å². The lowest BCUT2D eigenvalue weighted by Crippen LogP contribution is -2.25. The van der Waals surface area contributed by atoms with Crippen LogP contribution in [0.1, 0.15) is 5.82 Å². The van der Waals surface area contributed by atoms with E-state index < -0.39 is 6.29 Å². The third-order valence-corrected chi connectivity index (χ3v) is 3.00. The molecule has 0 saturated heterocycles. The number of aryl methyl sites for hydroxylation is 1. The van der Waals surface area contributed by atoms with Gasteiger partial charge < -0.3 is 19.4 Å². The van der Waals surface area contributed by atoms with E-state index in [4.69, 9.17) is 0 Å². The SMILES string of the molecule is Cn1ccnc1CCNc1ccc2c(c1)OC(F)(F)O2. The molecule has 20 heavy (non-hydrogen) atoms. The summed E-state index contributed by atoms with van der Waals surface area (Å²) in [6.07, 6.45) is 0.762. The first-order valence-electron chi connectivity index (χ1n) is 6.13. The molecule has 0 spiro atoms. The molecule has 0 bridgehead atoms. The molecule has 1 N–H and O–H groups in total. The van der Waals surface area contributed by atoms with Crippen LogP contribution in [0, 0.1) is 0 Å². The van der Waals surface area contributed by atoms with E-state index >= 15 is 0 Å². The molecule has 0 unspecified atom stereocenters. The number of anilines is 1. The lowest BCUT2D eigenvalue weighted by molar-refractivity contribution is -0.286. The van der Waals surface area contributed by atoms with Crippen LogP contribution < -0.4 is 14.8 Å². The molecule has 2 aromatic rings. The largest absolute Gasteiger partial charge is 0.586 e. The van der Waals surface area contributed by atoms with E-state index in [0.29, 0.717) is 12.2 Å². The van der Waals surface area contributed by atoms with Gasteiger partial charge in [0.2, 0.25) is 0 Å². The molecule has 0 atom stereocenters. The maximum absolute atomic E-state index is 12.9. The van der Waals surface area contributed by atoms with Crippen molar-refractivity contribution in [2.75, 3.05) is 11.9 Å². The highest BCUT2D eigenvalue weighted by Gasteiger charge is 2.43. The first-order valence-corrected chi connectivity index (χ1v) is 6.13. The summed E-state index contributed by atoms with van der Waals surface area (Å²) in [5.74, 6) is 1.03. The summed E-state index contributed by atoms with van der Waals surface area (Å²) in [6, 6.07) is 4.62. The summed E-state index contributed by atoms with van der Waals surface area (Å²) in [5, 5.41) is 3.13. The lowest BCUT2D eigenvalue weighted by Gasteiger charge is -2.07. The van der Waals surface area contributed by atoms with E-state index in [1.165, 1.54) is 12.1 Å². The number of alkyl halides is 2. The quantitative estimate of drug-likeness (QED) is 0.935. The molecule has 3 rings (SSSR count). The van der Waals surface area contributed by atoms with Crippen LogP contribution in [0.15, 0.2) is 30.6 Å². The van der Waals surface area contributed by atoms with Crippen molar-refractivity contribution in [3.05, 3.63) is 36.4 Å². The van der Waals surface area contributed by atoms with Gasteiger partial charge in [0.1, 0.15) is 5.82 Å².